The summed E-state index contributed by atoms with van der Waals surface area (Å²) < 4.78 is 0. The highest BCUT2D eigenvalue weighted by molar-refractivity contribution is 4.82. The lowest BCUT2D eigenvalue weighted by atomic mass is 9.75. The second kappa shape index (κ2) is 5.56. The molecule has 1 unspecified atom stereocenters. The van der Waals surface area contributed by atoms with E-state index >= 15 is 0 Å². The minimum atomic E-state index is 0.716. The van der Waals surface area contributed by atoms with Crippen LogP contribution >= 0.6 is 0 Å². The van der Waals surface area contributed by atoms with E-state index in [2.05, 4.69) is 13.8 Å². The third-order valence-corrected chi connectivity index (χ3v) is 5.11. The summed E-state index contributed by atoms with van der Waals surface area (Å²) in [4.78, 5) is 0. The molecule has 16 heavy (non-hydrogen) atoms. The molecule has 0 aromatic heterocycles. The summed E-state index contributed by atoms with van der Waals surface area (Å²) in [6, 6.07) is 0. The van der Waals surface area contributed by atoms with E-state index < -0.39 is 0 Å². The van der Waals surface area contributed by atoms with Crippen LogP contribution in [0.2, 0.25) is 0 Å². The molecule has 94 valence electrons. The molecule has 0 spiro atoms. The second-order valence-corrected chi connectivity index (χ2v) is 7.07. The Morgan fingerprint density at radius 1 is 1.00 bits per heavy atom. The lowest BCUT2D eigenvalue weighted by Crippen LogP contribution is -2.18. The van der Waals surface area contributed by atoms with Crippen LogP contribution in [0.4, 0.5) is 0 Å². The number of hydrogen-bond acceptors (Lipinski definition) is 0. The molecule has 1 atom stereocenters. The zero-order valence-electron chi connectivity index (χ0n) is 11.4. The summed E-state index contributed by atoms with van der Waals surface area (Å²) >= 11 is 0. The van der Waals surface area contributed by atoms with Gasteiger partial charge in [-0.25, -0.2) is 0 Å². The molecule has 0 radical (unpaired) electrons. The standard InChI is InChI=1S/C16H30/c1-14(12-15-8-4-3-5-9-15)13-16(2)10-6-7-11-16/h14-15H,3-13H2,1-2H3. The minimum absolute atomic E-state index is 0.716. The Morgan fingerprint density at radius 3 is 2.25 bits per heavy atom. The fraction of sp³-hybridized carbons (Fsp3) is 1.00. The molecule has 2 aliphatic carbocycles. The molecule has 0 saturated heterocycles. The normalized spacial score (nSPS) is 28.1. The van der Waals surface area contributed by atoms with Crippen LogP contribution in [0.25, 0.3) is 0 Å². The fourth-order valence-electron chi connectivity index (χ4n) is 4.35. The average Bonchev–Trinajstić information content (AvgIpc) is 2.66. The summed E-state index contributed by atoms with van der Waals surface area (Å²) in [5.74, 6) is 2.06. The largest absolute Gasteiger partial charge is 0.0625 e. The van der Waals surface area contributed by atoms with Gasteiger partial charge in [0, 0.05) is 0 Å². The summed E-state index contributed by atoms with van der Waals surface area (Å²) in [7, 11) is 0. The highest BCUT2D eigenvalue weighted by atomic mass is 14.4. The van der Waals surface area contributed by atoms with Crippen molar-refractivity contribution < 1.29 is 0 Å². The van der Waals surface area contributed by atoms with Crippen LogP contribution in [0.15, 0.2) is 0 Å². The molecule has 2 fully saturated rings. The highest BCUT2D eigenvalue weighted by Crippen LogP contribution is 2.44. The molecule has 0 aromatic rings. The van der Waals surface area contributed by atoms with Crippen molar-refractivity contribution in [1.82, 2.24) is 0 Å². The van der Waals surface area contributed by atoms with Gasteiger partial charge in [-0.1, -0.05) is 58.8 Å². The average molecular weight is 222 g/mol. The summed E-state index contributed by atoms with van der Waals surface area (Å²) in [5.41, 5.74) is 0.716. The lowest BCUT2D eigenvalue weighted by molar-refractivity contribution is 0.212. The Kier molecular flexibility index (Phi) is 4.33. The summed E-state index contributed by atoms with van der Waals surface area (Å²) in [6.45, 7) is 5.05. The molecule has 2 aliphatic rings. The molecule has 0 N–H and O–H groups in total. The molecule has 0 aliphatic heterocycles. The minimum Gasteiger partial charge on any atom is -0.0625 e. The third-order valence-electron chi connectivity index (χ3n) is 5.11. The Balaban J connectivity index is 1.72. The van der Waals surface area contributed by atoms with E-state index in [1.165, 1.54) is 70.6 Å². The van der Waals surface area contributed by atoms with Crippen molar-refractivity contribution in [2.24, 2.45) is 17.3 Å². The molecule has 0 heterocycles. The van der Waals surface area contributed by atoms with Gasteiger partial charge in [-0.15, -0.1) is 0 Å². The smallest absolute Gasteiger partial charge is 0.0323 e. The van der Waals surface area contributed by atoms with Crippen LogP contribution in [0, 0.1) is 17.3 Å². The number of rotatable bonds is 4. The maximum absolute atomic E-state index is 2.54. The molecule has 0 nitrogen and oxygen atoms in total. The second-order valence-electron chi connectivity index (χ2n) is 7.07. The van der Waals surface area contributed by atoms with Crippen LogP contribution in [-0.4, -0.2) is 0 Å². The summed E-state index contributed by atoms with van der Waals surface area (Å²) in [6.07, 6.45) is 16.6. The summed E-state index contributed by atoms with van der Waals surface area (Å²) in [5, 5.41) is 0. The van der Waals surface area contributed by atoms with Gasteiger partial charge in [0.05, 0.1) is 0 Å². The van der Waals surface area contributed by atoms with E-state index in [0.29, 0.717) is 5.41 Å². The van der Waals surface area contributed by atoms with Crippen LogP contribution in [0.1, 0.15) is 84.5 Å². The molecular formula is C16H30. The van der Waals surface area contributed by atoms with Crippen molar-refractivity contribution in [2.75, 3.05) is 0 Å². The highest BCUT2D eigenvalue weighted by Gasteiger charge is 2.30. The topological polar surface area (TPSA) is 0 Å². The maximum atomic E-state index is 2.54. The molecule has 0 amide bonds. The Bertz CT molecular complexity index is 194. The van der Waals surface area contributed by atoms with E-state index in [0.717, 1.165) is 11.8 Å². The van der Waals surface area contributed by atoms with E-state index in [9.17, 15) is 0 Å². The van der Waals surface area contributed by atoms with E-state index in [-0.39, 0.29) is 0 Å². The Labute approximate surface area is 102 Å². The van der Waals surface area contributed by atoms with Crippen molar-refractivity contribution in [3.05, 3.63) is 0 Å². The molecule has 0 heteroatoms. The van der Waals surface area contributed by atoms with Crippen LogP contribution in [0.3, 0.4) is 0 Å². The quantitative estimate of drug-likeness (QED) is 0.584. The van der Waals surface area contributed by atoms with E-state index in [1.54, 1.807) is 0 Å². The van der Waals surface area contributed by atoms with E-state index in [4.69, 9.17) is 0 Å². The van der Waals surface area contributed by atoms with Gasteiger partial charge in [-0.3, -0.25) is 0 Å². The molecular weight excluding hydrogens is 192 g/mol. The van der Waals surface area contributed by atoms with Gasteiger partial charge in [0.1, 0.15) is 0 Å². The first-order valence-electron chi connectivity index (χ1n) is 7.68. The van der Waals surface area contributed by atoms with Crippen molar-refractivity contribution >= 4 is 0 Å². The van der Waals surface area contributed by atoms with Crippen molar-refractivity contribution in [1.29, 1.82) is 0 Å². The lowest BCUT2D eigenvalue weighted by Gasteiger charge is -2.30. The fourth-order valence-corrected chi connectivity index (χ4v) is 4.35. The van der Waals surface area contributed by atoms with Gasteiger partial charge in [0.15, 0.2) is 0 Å². The first-order valence-corrected chi connectivity index (χ1v) is 7.68. The van der Waals surface area contributed by atoms with Crippen molar-refractivity contribution in [2.45, 2.75) is 84.5 Å². The Hall–Kier alpha value is 0. The zero-order chi connectivity index (χ0) is 11.4. The van der Waals surface area contributed by atoms with Gasteiger partial charge >= 0.3 is 0 Å². The molecule has 2 rings (SSSR count). The molecule has 0 bridgehead atoms. The maximum Gasteiger partial charge on any atom is -0.0323 e. The van der Waals surface area contributed by atoms with Crippen molar-refractivity contribution in [3.8, 4) is 0 Å². The van der Waals surface area contributed by atoms with Gasteiger partial charge < -0.3 is 0 Å². The number of hydrogen-bond donors (Lipinski definition) is 0. The van der Waals surface area contributed by atoms with Gasteiger partial charge in [-0.2, -0.15) is 0 Å². The van der Waals surface area contributed by atoms with Gasteiger partial charge in [0.2, 0.25) is 0 Å². The van der Waals surface area contributed by atoms with Crippen LogP contribution < -0.4 is 0 Å². The van der Waals surface area contributed by atoms with Crippen LogP contribution in [-0.2, 0) is 0 Å². The Morgan fingerprint density at radius 2 is 1.62 bits per heavy atom. The van der Waals surface area contributed by atoms with Gasteiger partial charge in [0.25, 0.3) is 0 Å². The predicted molar refractivity (Wildman–Crippen MR) is 71.5 cm³/mol. The first kappa shape index (κ1) is 12.5. The first-order chi connectivity index (χ1) is 7.68. The predicted octanol–water partition coefficient (Wildman–Crippen LogP) is 5.56. The van der Waals surface area contributed by atoms with Gasteiger partial charge in [-0.05, 0) is 42.9 Å². The van der Waals surface area contributed by atoms with Crippen LogP contribution in [0.5, 0.6) is 0 Å². The monoisotopic (exact) mass is 222 g/mol. The molecule has 2 saturated carbocycles. The van der Waals surface area contributed by atoms with Crippen molar-refractivity contribution in [3.63, 3.8) is 0 Å². The zero-order valence-corrected chi connectivity index (χ0v) is 11.4. The SMILES string of the molecule is CC(CC1CCCCC1)CC1(C)CCCC1. The van der Waals surface area contributed by atoms with E-state index in [1.807, 2.05) is 0 Å². The third kappa shape index (κ3) is 3.50. The molecule has 0 aromatic carbocycles.